The Morgan fingerprint density at radius 1 is 0.643 bits per heavy atom. The maximum absolute atomic E-state index is 11.7. The van der Waals surface area contributed by atoms with Crippen LogP contribution in [0, 0.1) is 0 Å². The first-order chi connectivity index (χ1) is 13.4. The van der Waals surface area contributed by atoms with E-state index >= 15 is 0 Å². The Morgan fingerprint density at radius 3 is 1.54 bits per heavy atom. The Labute approximate surface area is 193 Å². The minimum absolute atomic E-state index is 0.00664. The van der Waals surface area contributed by atoms with Gasteiger partial charge in [0.05, 0.1) is 11.5 Å². The second-order valence-corrected chi connectivity index (χ2v) is 8.62. The number of hydrogen-bond acceptors (Lipinski definition) is 14. The van der Waals surface area contributed by atoms with Crippen LogP contribution in [0.15, 0.2) is 0 Å². The number of carbonyl (C=O) groups is 4. The molecule has 0 bridgehead atoms. The third-order valence-corrected chi connectivity index (χ3v) is 5.97. The molecule has 0 rings (SSSR count). The van der Waals surface area contributed by atoms with Crippen molar-refractivity contribution in [3.63, 3.8) is 0 Å². The van der Waals surface area contributed by atoms with E-state index in [9.17, 15) is 19.2 Å². The molecule has 28 heavy (non-hydrogen) atoms. The lowest BCUT2D eigenvalue weighted by molar-refractivity contribution is -0.154. The molecule has 2 unspecified atom stereocenters. The monoisotopic (exact) mass is 510 g/mol. The smallest absolute Gasteiger partial charge is 0.317 e. The quantitative estimate of drug-likeness (QED) is 0.0838. The second kappa shape index (κ2) is 17.8. The molecule has 0 aliphatic heterocycles. The molecule has 162 valence electrons. The molecule has 0 heterocycles. The molecule has 14 heteroatoms. The van der Waals surface area contributed by atoms with Gasteiger partial charge in [0.2, 0.25) is 0 Å². The number of esters is 4. The molecular formula is C14H22O8S6. The van der Waals surface area contributed by atoms with Gasteiger partial charge in [0.1, 0.15) is 36.9 Å². The summed E-state index contributed by atoms with van der Waals surface area (Å²) in [5.74, 6) is -1.86. The van der Waals surface area contributed by atoms with Gasteiger partial charge >= 0.3 is 23.9 Å². The predicted molar refractivity (Wildman–Crippen MR) is 122 cm³/mol. The zero-order chi connectivity index (χ0) is 21.4. The van der Waals surface area contributed by atoms with E-state index in [0.29, 0.717) is 0 Å². The van der Waals surface area contributed by atoms with Crippen LogP contribution >= 0.6 is 72.1 Å². The highest BCUT2D eigenvalue weighted by Crippen LogP contribution is 2.21. The number of ether oxygens (including phenoxy) is 4. The second-order valence-electron chi connectivity index (χ2n) is 4.80. The van der Waals surface area contributed by atoms with Crippen LogP contribution in [-0.2, 0) is 38.1 Å². The first-order valence-electron chi connectivity index (χ1n) is 7.74. The van der Waals surface area contributed by atoms with E-state index in [2.05, 4.69) is 50.5 Å². The number of hydrogen-bond donors (Lipinski definition) is 4. The summed E-state index contributed by atoms with van der Waals surface area (Å²) < 4.78 is 19.9. The molecule has 0 saturated carbocycles. The van der Waals surface area contributed by atoms with Gasteiger partial charge in [-0.15, -0.1) is 0 Å². The molecule has 0 amide bonds. The van der Waals surface area contributed by atoms with Crippen molar-refractivity contribution in [2.45, 2.75) is 12.2 Å². The molecule has 8 nitrogen and oxygen atoms in total. The highest BCUT2D eigenvalue weighted by Gasteiger charge is 2.17. The van der Waals surface area contributed by atoms with Gasteiger partial charge in [-0.2, -0.15) is 50.5 Å². The molecule has 2 atom stereocenters. The fraction of sp³-hybridized carbons (Fsp3) is 0.714. The van der Waals surface area contributed by atoms with Gasteiger partial charge < -0.3 is 18.9 Å². The molecule has 0 saturated heterocycles. The third kappa shape index (κ3) is 14.9. The summed E-state index contributed by atoms with van der Waals surface area (Å²) >= 11 is 15.6. The Kier molecular flexibility index (Phi) is 17.8. The molecule has 0 spiro atoms. The van der Waals surface area contributed by atoms with Crippen molar-refractivity contribution in [2.75, 3.05) is 47.7 Å². The minimum atomic E-state index is -0.659. The van der Waals surface area contributed by atoms with E-state index in [1.54, 1.807) is 0 Å². The summed E-state index contributed by atoms with van der Waals surface area (Å²) in [5, 5.41) is 0. The van der Waals surface area contributed by atoms with Crippen LogP contribution in [0.4, 0.5) is 0 Å². The van der Waals surface area contributed by atoms with Crippen LogP contribution in [0.2, 0.25) is 0 Å². The Balaban J connectivity index is 3.94. The van der Waals surface area contributed by atoms with E-state index in [1.807, 2.05) is 0 Å². The number of thiol groups is 4. The van der Waals surface area contributed by atoms with Crippen molar-refractivity contribution in [3.05, 3.63) is 0 Å². The van der Waals surface area contributed by atoms with Crippen molar-refractivity contribution in [2.24, 2.45) is 0 Å². The SMILES string of the molecule is O=C(CS)OCC(CS)OC(=O)CSSCC(=O)OCC(CS)OC(=O)CS. The maximum atomic E-state index is 11.7. The summed E-state index contributed by atoms with van der Waals surface area (Å²) in [6.45, 7) is -0.202. The van der Waals surface area contributed by atoms with Crippen molar-refractivity contribution in [1.82, 2.24) is 0 Å². The maximum Gasteiger partial charge on any atom is 0.317 e. The largest absolute Gasteiger partial charge is 0.461 e. The first kappa shape index (κ1) is 28.0. The highest BCUT2D eigenvalue weighted by atomic mass is 33.1. The topological polar surface area (TPSA) is 105 Å². The highest BCUT2D eigenvalue weighted by molar-refractivity contribution is 8.77. The lowest BCUT2D eigenvalue weighted by Crippen LogP contribution is -2.28. The fourth-order valence-electron chi connectivity index (χ4n) is 1.33. The van der Waals surface area contributed by atoms with Gasteiger partial charge in [0.15, 0.2) is 0 Å². The van der Waals surface area contributed by atoms with E-state index < -0.39 is 36.1 Å². The third-order valence-electron chi connectivity index (χ3n) is 2.56. The van der Waals surface area contributed by atoms with E-state index in [0.717, 1.165) is 21.6 Å². The van der Waals surface area contributed by atoms with E-state index in [4.69, 9.17) is 18.9 Å². The van der Waals surface area contributed by atoms with Gasteiger partial charge in [0.25, 0.3) is 0 Å². The first-order valence-corrected chi connectivity index (χ1v) is 12.8. The van der Waals surface area contributed by atoms with Gasteiger partial charge in [-0.05, 0) is 0 Å². The van der Waals surface area contributed by atoms with E-state index in [1.165, 1.54) is 0 Å². The van der Waals surface area contributed by atoms with Gasteiger partial charge in [-0.3, -0.25) is 19.2 Å². The zero-order valence-electron chi connectivity index (χ0n) is 14.7. The lowest BCUT2D eigenvalue weighted by atomic mass is 10.4. The normalized spacial score (nSPS) is 12.6. The van der Waals surface area contributed by atoms with Crippen LogP contribution in [0.5, 0.6) is 0 Å². The summed E-state index contributed by atoms with van der Waals surface area (Å²) in [6.07, 6.45) is -1.30. The summed E-state index contributed by atoms with van der Waals surface area (Å²) in [7, 11) is 2.22. The van der Waals surface area contributed by atoms with Gasteiger partial charge in [-0.1, -0.05) is 21.6 Å². The Bertz CT molecular complexity index is 506. The molecule has 0 aromatic carbocycles. The summed E-state index contributed by atoms with van der Waals surface area (Å²) in [5.41, 5.74) is 0. The van der Waals surface area contributed by atoms with Crippen LogP contribution in [0.25, 0.3) is 0 Å². The zero-order valence-corrected chi connectivity index (χ0v) is 19.9. The van der Waals surface area contributed by atoms with Crippen molar-refractivity contribution < 1.29 is 38.1 Å². The average Bonchev–Trinajstić information content (AvgIpc) is 2.70. The molecule has 0 radical (unpaired) electrons. The molecule has 0 aliphatic carbocycles. The summed E-state index contributed by atoms with van der Waals surface area (Å²) in [4.78, 5) is 45.5. The lowest BCUT2D eigenvalue weighted by Gasteiger charge is -2.16. The van der Waals surface area contributed by atoms with Crippen molar-refractivity contribution in [3.8, 4) is 0 Å². The van der Waals surface area contributed by atoms with Gasteiger partial charge in [0, 0.05) is 11.5 Å². The molecular weight excluding hydrogens is 489 g/mol. The molecule has 0 N–H and O–H groups in total. The summed E-state index contributed by atoms with van der Waals surface area (Å²) in [6, 6.07) is 0. The van der Waals surface area contributed by atoms with Crippen LogP contribution < -0.4 is 0 Å². The van der Waals surface area contributed by atoms with Crippen LogP contribution in [-0.4, -0.2) is 83.8 Å². The number of carbonyl (C=O) groups excluding carboxylic acids is 4. The van der Waals surface area contributed by atoms with E-state index in [-0.39, 0.29) is 47.7 Å². The Hall–Kier alpha value is -0.0200. The number of rotatable bonds is 15. The predicted octanol–water partition coefficient (Wildman–Crippen LogP) is 0.997. The van der Waals surface area contributed by atoms with Gasteiger partial charge in [-0.25, -0.2) is 0 Å². The van der Waals surface area contributed by atoms with Crippen LogP contribution in [0.3, 0.4) is 0 Å². The molecule has 0 fully saturated rings. The average molecular weight is 511 g/mol. The standard InChI is InChI=1S/C14H22O8S6/c15-11(5-25)19-1-10(4-24)22-14(18)8-28-27-7-13(17)20-2-9(3-23)21-12(16)6-26/h9-10,23-26H,1-8H2. The molecule has 0 aromatic rings. The Morgan fingerprint density at radius 2 is 1.07 bits per heavy atom. The minimum Gasteiger partial charge on any atom is -0.461 e. The van der Waals surface area contributed by atoms with Crippen LogP contribution in [0.1, 0.15) is 0 Å². The molecule has 0 aromatic heterocycles. The van der Waals surface area contributed by atoms with Crippen molar-refractivity contribution >= 4 is 96.0 Å². The molecule has 0 aliphatic rings. The van der Waals surface area contributed by atoms with Crippen molar-refractivity contribution in [1.29, 1.82) is 0 Å². The fourth-order valence-corrected chi connectivity index (χ4v) is 3.44.